The van der Waals surface area contributed by atoms with Crippen LogP contribution in [0.1, 0.15) is 97.3 Å². The monoisotopic (exact) mass is 788 g/mol. The number of esters is 2. The lowest BCUT2D eigenvalue weighted by molar-refractivity contribution is -0.161. The molecule has 12 heteroatoms. The summed E-state index contributed by atoms with van der Waals surface area (Å²) in [7, 11) is -4.86. The topological polar surface area (TPSA) is 180 Å². The zero-order valence-corrected chi connectivity index (χ0v) is 33.5. The van der Waals surface area contributed by atoms with Crippen LogP contribution in [0, 0.1) is 0 Å². The van der Waals surface area contributed by atoms with E-state index < -0.39 is 57.4 Å². The first kappa shape index (κ1) is 51.3. The second-order valence-corrected chi connectivity index (χ2v) is 13.6. The van der Waals surface area contributed by atoms with Gasteiger partial charge in [0.2, 0.25) is 0 Å². The predicted octanol–water partition coefficient (Wildman–Crippen LogP) is 8.31. The minimum atomic E-state index is -4.86. The summed E-state index contributed by atoms with van der Waals surface area (Å²) in [5.41, 5.74) is 0. The van der Waals surface area contributed by atoms with Crippen LogP contribution in [-0.2, 0) is 28.2 Å². The second-order valence-electron chi connectivity index (χ2n) is 12.4. The first-order chi connectivity index (χ1) is 26.5. The number of aliphatic hydroxyl groups is 3. The molecule has 0 unspecified atom stereocenters. The van der Waals surface area contributed by atoms with Crippen LogP contribution < -0.4 is 0 Å². The van der Waals surface area contributed by atoms with Crippen LogP contribution in [0.4, 0.5) is 0 Å². The fraction of sp³-hybridized carbons (Fsp3) is 0.488. The van der Waals surface area contributed by atoms with E-state index in [9.17, 15) is 29.5 Å². The van der Waals surface area contributed by atoms with Crippen molar-refractivity contribution in [3.63, 3.8) is 0 Å². The third kappa shape index (κ3) is 37.0. The summed E-state index contributed by atoms with van der Waals surface area (Å²) in [6.07, 6.45) is 41.6. The summed E-state index contributed by atoms with van der Waals surface area (Å²) in [5.74, 6) is -1.30. The third-order valence-electron chi connectivity index (χ3n) is 7.32. The molecule has 55 heavy (non-hydrogen) atoms. The minimum absolute atomic E-state index is 0.0512. The van der Waals surface area contributed by atoms with Crippen molar-refractivity contribution in [2.24, 2.45) is 0 Å². The largest absolute Gasteiger partial charge is 0.469 e. The van der Waals surface area contributed by atoms with E-state index in [1.54, 1.807) is 42.5 Å². The van der Waals surface area contributed by atoms with Gasteiger partial charge in [-0.25, -0.2) is 4.57 Å². The Balaban J connectivity index is 4.44. The van der Waals surface area contributed by atoms with Gasteiger partial charge in [0.25, 0.3) is 0 Å². The molecule has 0 radical (unpaired) electrons. The number of phosphoric ester groups is 1. The molecule has 0 aliphatic heterocycles. The first-order valence-corrected chi connectivity index (χ1v) is 20.7. The lowest BCUT2D eigenvalue weighted by Crippen LogP contribution is -2.29. The van der Waals surface area contributed by atoms with Crippen LogP contribution in [0.15, 0.2) is 122 Å². The highest BCUT2D eigenvalue weighted by Crippen LogP contribution is 2.35. The predicted molar refractivity (Wildman–Crippen MR) is 220 cm³/mol. The summed E-state index contributed by atoms with van der Waals surface area (Å²) in [5, 5.41) is 30.2. The Morgan fingerprint density at radius 3 is 1.71 bits per heavy atom. The van der Waals surface area contributed by atoms with Crippen molar-refractivity contribution in [2.75, 3.05) is 13.2 Å². The van der Waals surface area contributed by atoms with Crippen LogP contribution in [0.25, 0.3) is 0 Å². The molecular formula is C43H65O11P. The number of hydrogen-bond donors (Lipinski definition) is 5. The van der Waals surface area contributed by atoms with E-state index in [0.29, 0.717) is 19.3 Å². The SMILES string of the molecule is CC/C=C\C/C=C\C/C=C\C/C=C\C/C=C\CCCC(=O)O[C@H](COC(=O)CCC[C@H](O)[C@@H](O)\C=C/C=C\C=C\C=C\[C@H](O)C/C=C\CC)COP(=O)(O)O. The van der Waals surface area contributed by atoms with Gasteiger partial charge in [-0.15, -0.1) is 0 Å². The van der Waals surface area contributed by atoms with E-state index in [2.05, 4.69) is 60.1 Å². The molecule has 0 aromatic carbocycles. The van der Waals surface area contributed by atoms with E-state index in [1.165, 1.54) is 6.08 Å². The summed E-state index contributed by atoms with van der Waals surface area (Å²) in [4.78, 5) is 42.8. The molecule has 0 aromatic rings. The lowest BCUT2D eigenvalue weighted by Gasteiger charge is -2.18. The molecule has 0 bridgehead atoms. The normalized spacial score (nSPS) is 15.5. The third-order valence-corrected chi connectivity index (χ3v) is 7.80. The Morgan fingerprint density at radius 2 is 1.13 bits per heavy atom. The average Bonchev–Trinajstić information content (AvgIpc) is 3.14. The zero-order chi connectivity index (χ0) is 40.8. The van der Waals surface area contributed by atoms with Crippen LogP contribution >= 0.6 is 7.82 Å². The van der Waals surface area contributed by atoms with Crippen molar-refractivity contribution < 1.29 is 53.3 Å². The van der Waals surface area contributed by atoms with E-state index in [4.69, 9.17) is 19.3 Å². The smallest absolute Gasteiger partial charge is 0.462 e. The van der Waals surface area contributed by atoms with Gasteiger partial charge in [-0.3, -0.25) is 14.1 Å². The first-order valence-electron chi connectivity index (χ1n) is 19.2. The van der Waals surface area contributed by atoms with E-state index in [1.807, 2.05) is 31.2 Å². The van der Waals surface area contributed by atoms with Gasteiger partial charge >= 0.3 is 19.8 Å². The molecule has 0 rings (SSSR count). The van der Waals surface area contributed by atoms with Crippen LogP contribution in [0.5, 0.6) is 0 Å². The Bertz CT molecular complexity index is 1350. The highest BCUT2D eigenvalue weighted by Gasteiger charge is 2.23. The number of allylic oxidation sites excluding steroid dienone is 17. The fourth-order valence-corrected chi connectivity index (χ4v) is 4.75. The number of aliphatic hydroxyl groups excluding tert-OH is 3. The average molecular weight is 789 g/mol. The van der Waals surface area contributed by atoms with Crippen molar-refractivity contribution in [3.05, 3.63) is 122 Å². The number of ether oxygens (including phenoxy) is 2. The minimum Gasteiger partial charge on any atom is -0.462 e. The van der Waals surface area contributed by atoms with Crippen molar-refractivity contribution >= 4 is 19.8 Å². The number of phosphoric acid groups is 1. The van der Waals surface area contributed by atoms with Crippen molar-refractivity contribution in [2.45, 2.75) is 122 Å². The standard InChI is InChI=1S/C43H65O11P/c1-3-5-7-8-9-10-11-12-13-14-15-16-17-18-19-24-28-34-43(48)54-39(37-53-55(49,50)51)36-52-42(47)35-29-33-41(46)40(45)32-27-23-21-20-22-26-31-38(44)30-25-6-4-2/h5-7,9-10,12-13,15-16,18-23,25-27,31-32,38-41,44-46H,3-4,8,11,14,17,24,28-30,33-37H2,1-2H3,(H2,49,50,51)/b7-5-,10-9-,13-12-,16-15-,19-18-,22-20+,23-21-,25-6-,31-26+,32-27-/t38-,39-,40+,41+/m1/s1. The second kappa shape index (κ2) is 36.0. The quantitative estimate of drug-likeness (QED) is 0.0146. The number of hydrogen-bond acceptors (Lipinski definition) is 9. The molecule has 5 N–H and O–H groups in total. The molecule has 0 aromatic heterocycles. The van der Waals surface area contributed by atoms with E-state index in [-0.39, 0.29) is 25.7 Å². The molecule has 0 heterocycles. The lowest BCUT2D eigenvalue weighted by atomic mass is 10.1. The Labute approximate surface area is 328 Å². The maximum atomic E-state index is 12.4. The summed E-state index contributed by atoms with van der Waals surface area (Å²) >= 11 is 0. The van der Waals surface area contributed by atoms with Crippen LogP contribution in [-0.4, -0.2) is 74.7 Å². The van der Waals surface area contributed by atoms with Crippen LogP contribution in [0.3, 0.4) is 0 Å². The van der Waals surface area contributed by atoms with Crippen molar-refractivity contribution in [1.82, 2.24) is 0 Å². The zero-order valence-electron chi connectivity index (χ0n) is 32.6. The molecule has 0 aliphatic rings. The number of carbonyl (C=O) groups excluding carboxylic acids is 2. The van der Waals surface area contributed by atoms with Crippen molar-refractivity contribution in [1.29, 1.82) is 0 Å². The van der Waals surface area contributed by atoms with Gasteiger partial charge in [-0.2, -0.15) is 0 Å². The molecular weight excluding hydrogens is 723 g/mol. The molecule has 308 valence electrons. The number of carbonyl (C=O) groups is 2. The summed E-state index contributed by atoms with van der Waals surface area (Å²) in [6, 6.07) is 0. The van der Waals surface area contributed by atoms with Crippen LogP contribution in [0.2, 0.25) is 0 Å². The van der Waals surface area contributed by atoms with E-state index in [0.717, 1.165) is 38.5 Å². The molecule has 4 atom stereocenters. The Morgan fingerprint density at radius 1 is 0.618 bits per heavy atom. The fourth-order valence-electron chi connectivity index (χ4n) is 4.39. The molecule has 0 spiro atoms. The van der Waals surface area contributed by atoms with Gasteiger partial charge in [-0.1, -0.05) is 135 Å². The van der Waals surface area contributed by atoms with Crippen molar-refractivity contribution in [3.8, 4) is 0 Å². The maximum Gasteiger partial charge on any atom is 0.469 e. The van der Waals surface area contributed by atoms with Gasteiger partial charge < -0.3 is 34.6 Å². The Hall–Kier alpha value is -3.67. The van der Waals surface area contributed by atoms with E-state index >= 15 is 0 Å². The number of unbranched alkanes of at least 4 members (excludes halogenated alkanes) is 1. The molecule has 0 aliphatic carbocycles. The van der Waals surface area contributed by atoms with Gasteiger partial charge in [0.1, 0.15) is 6.61 Å². The maximum absolute atomic E-state index is 12.4. The van der Waals surface area contributed by atoms with Gasteiger partial charge in [0.15, 0.2) is 6.10 Å². The Kier molecular flexibility index (Phi) is 33.6. The van der Waals surface area contributed by atoms with Gasteiger partial charge in [-0.05, 0) is 70.6 Å². The molecule has 11 nitrogen and oxygen atoms in total. The summed E-state index contributed by atoms with van der Waals surface area (Å²) < 4.78 is 26.1. The molecule has 0 amide bonds. The molecule has 0 fully saturated rings. The van der Waals surface area contributed by atoms with Gasteiger partial charge in [0, 0.05) is 12.8 Å². The molecule has 0 saturated heterocycles. The summed E-state index contributed by atoms with van der Waals surface area (Å²) in [6.45, 7) is 3.00. The highest BCUT2D eigenvalue weighted by atomic mass is 31.2. The van der Waals surface area contributed by atoms with Gasteiger partial charge in [0.05, 0.1) is 24.9 Å². The number of rotatable bonds is 32. The molecule has 0 saturated carbocycles. The highest BCUT2D eigenvalue weighted by molar-refractivity contribution is 7.46.